The maximum absolute atomic E-state index is 12.1. The van der Waals surface area contributed by atoms with Crippen molar-refractivity contribution in [3.05, 3.63) is 71.8 Å². The zero-order valence-electron chi connectivity index (χ0n) is 17.0. The fraction of sp³-hybridized carbons (Fsp3) is 0.182. The maximum atomic E-state index is 12.1. The lowest BCUT2D eigenvalue weighted by Gasteiger charge is -2.07. The van der Waals surface area contributed by atoms with E-state index >= 15 is 0 Å². The normalized spacial score (nSPS) is 11.5. The lowest BCUT2D eigenvalue weighted by molar-refractivity contribution is -0.139. The molecule has 0 unspecified atom stereocenters. The van der Waals surface area contributed by atoms with Gasteiger partial charge in [0.05, 0.1) is 24.3 Å². The Balaban J connectivity index is 2.09. The molecule has 0 bridgehead atoms. The molecule has 0 aliphatic rings. The van der Waals surface area contributed by atoms with E-state index < -0.39 is 23.8 Å². The summed E-state index contributed by atoms with van der Waals surface area (Å²) in [6.07, 6.45) is -0.312. The molecular weight excluding hydrogens is 416 g/mol. The highest BCUT2D eigenvalue weighted by molar-refractivity contribution is 6.35. The molecule has 166 valence electrons. The van der Waals surface area contributed by atoms with Gasteiger partial charge in [-0.1, -0.05) is 60.7 Å². The van der Waals surface area contributed by atoms with Gasteiger partial charge in [0.1, 0.15) is 0 Å². The minimum atomic E-state index is -1.11. The highest BCUT2D eigenvalue weighted by Gasteiger charge is 2.15. The van der Waals surface area contributed by atoms with Gasteiger partial charge < -0.3 is 10.2 Å². The van der Waals surface area contributed by atoms with Gasteiger partial charge in [0.25, 0.3) is 0 Å². The molecule has 4 N–H and O–H groups in total. The lowest BCUT2D eigenvalue weighted by Crippen LogP contribution is -2.36. The Labute approximate surface area is 183 Å². The maximum Gasteiger partial charge on any atom is 0.331 e. The average molecular weight is 438 g/mol. The van der Waals surface area contributed by atoms with Gasteiger partial charge in [-0.05, 0) is 11.1 Å². The van der Waals surface area contributed by atoms with Crippen LogP contribution in [-0.4, -0.2) is 45.4 Å². The van der Waals surface area contributed by atoms with E-state index in [1.807, 2.05) is 0 Å². The molecular formula is C22H22N4O6. The molecule has 2 rings (SSSR count). The molecule has 0 aromatic heterocycles. The molecule has 2 aromatic carbocycles. The number of hydrogen-bond acceptors (Lipinski definition) is 6. The van der Waals surface area contributed by atoms with Crippen molar-refractivity contribution in [2.75, 3.05) is 0 Å². The first kappa shape index (κ1) is 23.9. The molecule has 0 aliphatic carbocycles. The molecule has 2 amide bonds. The number of nitrogens with zero attached hydrogens (tertiary/aromatic N) is 2. The molecule has 0 atom stereocenters. The third kappa shape index (κ3) is 8.19. The highest BCUT2D eigenvalue weighted by Crippen LogP contribution is 2.07. The summed E-state index contributed by atoms with van der Waals surface area (Å²) in [5.41, 5.74) is 6.00. The van der Waals surface area contributed by atoms with Crippen LogP contribution in [0.5, 0.6) is 0 Å². The van der Waals surface area contributed by atoms with E-state index in [1.165, 1.54) is 0 Å². The molecule has 32 heavy (non-hydrogen) atoms. The van der Waals surface area contributed by atoms with Crippen LogP contribution in [0.2, 0.25) is 0 Å². The first-order valence-corrected chi connectivity index (χ1v) is 9.64. The number of aliphatic carboxylic acids is 2. The average Bonchev–Trinajstić information content (AvgIpc) is 2.79. The van der Waals surface area contributed by atoms with Crippen molar-refractivity contribution in [1.82, 2.24) is 10.9 Å². The Hall–Kier alpha value is -4.34. The Morgan fingerprint density at radius 1 is 0.594 bits per heavy atom. The van der Waals surface area contributed by atoms with E-state index in [9.17, 15) is 19.2 Å². The molecule has 0 saturated carbocycles. The lowest BCUT2D eigenvalue weighted by atomic mass is 10.1. The number of benzene rings is 2. The number of rotatable bonds is 10. The van der Waals surface area contributed by atoms with Gasteiger partial charge in [-0.3, -0.25) is 19.2 Å². The van der Waals surface area contributed by atoms with Crippen molar-refractivity contribution in [2.45, 2.75) is 25.7 Å². The molecule has 0 aliphatic heterocycles. The van der Waals surface area contributed by atoms with E-state index in [4.69, 9.17) is 10.2 Å². The largest absolute Gasteiger partial charge is 0.481 e. The zero-order chi connectivity index (χ0) is 23.3. The summed E-state index contributed by atoms with van der Waals surface area (Å²) in [6, 6.07) is 17.3. The number of hydrazone groups is 2. The fourth-order valence-electron chi connectivity index (χ4n) is 2.58. The summed E-state index contributed by atoms with van der Waals surface area (Å²) in [5, 5.41) is 25.6. The quantitative estimate of drug-likeness (QED) is 0.251. The molecule has 0 saturated heterocycles. The smallest absolute Gasteiger partial charge is 0.331 e. The molecule has 0 radical (unpaired) electrons. The van der Waals surface area contributed by atoms with Crippen molar-refractivity contribution in [2.24, 2.45) is 10.2 Å². The molecule has 0 fully saturated rings. The van der Waals surface area contributed by atoms with Gasteiger partial charge in [-0.15, -0.1) is 0 Å². The number of carbonyl (C=O) groups is 4. The minimum absolute atomic E-state index is 0.0484. The second-order valence-corrected chi connectivity index (χ2v) is 6.52. The van der Waals surface area contributed by atoms with Crippen LogP contribution in [-0.2, 0) is 19.2 Å². The van der Waals surface area contributed by atoms with E-state index in [2.05, 4.69) is 21.1 Å². The minimum Gasteiger partial charge on any atom is -0.481 e. The second kappa shape index (κ2) is 12.4. The molecule has 2 aromatic rings. The van der Waals surface area contributed by atoms with E-state index in [1.54, 1.807) is 60.7 Å². The van der Waals surface area contributed by atoms with Gasteiger partial charge in [-0.2, -0.15) is 10.2 Å². The van der Waals surface area contributed by atoms with Crippen LogP contribution in [0.4, 0.5) is 0 Å². The van der Waals surface area contributed by atoms with Gasteiger partial charge in [-0.25, -0.2) is 10.9 Å². The summed E-state index contributed by atoms with van der Waals surface area (Å²) in [7, 11) is 0. The van der Waals surface area contributed by atoms with Crippen LogP contribution in [0.15, 0.2) is 70.9 Å². The summed E-state index contributed by atoms with van der Waals surface area (Å²) in [5.74, 6) is -4.27. The summed E-state index contributed by atoms with van der Waals surface area (Å²) < 4.78 is 0. The van der Waals surface area contributed by atoms with Gasteiger partial charge in [0, 0.05) is 12.8 Å². The first-order valence-electron chi connectivity index (χ1n) is 9.64. The number of amides is 2. The number of carboxylic acids is 2. The van der Waals surface area contributed by atoms with Crippen molar-refractivity contribution in [3.63, 3.8) is 0 Å². The number of nitrogens with one attached hydrogen (secondary N) is 2. The number of hydrogen-bond donors (Lipinski definition) is 4. The molecule has 10 heteroatoms. The third-order valence-electron chi connectivity index (χ3n) is 4.16. The molecule has 0 heterocycles. The molecule has 10 nitrogen and oxygen atoms in total. The monoisotopic (exact) mass is 438 g/mol. The summed E-state index contributed by atoms with van der Waals surface area (Å²) in [4.78, 5) is 46.0. The fourth-order valence-corrected chi connectivity index (χ4v) is 2.58. The predicted octanol–water partition coefficient (Wildman–Crippen LogP) is 1.76. The Morgan fingerprint density at radius 2 is 0.938 bits per heavy atom. The number of carboxylic acid groups (broad SMARTS) is 2. The van der Waals surface area contributed by atoms with E-state index in [-0.39, 0.29) is 25.7 Å². The summed E-state index contributed by atoms with van der Waals surface area (Å²) >= 11 is 0. The van der Waals surface area contributed by atoms with Crippen LogP contribution in [0.3, 0.4) is 0 Å². The third-order valence-corrected chi connectivity index (χ3v) is 4.16. The van der Waals surface area contributed by atoms with Crippen molar-refractivity contribution >= 4 is 35.2 Å². The van der Waals surface area contributed by atoms with E-state index in [0.717, 1.165) is 0 Å². The van der Waals surface area contributed by atoms with Crippen LogP contribution < -0.4 is 10.9 Å². The van der Waals surface area contributed by atoms with Crippen molar-refractivity contribution in [1.29, 1.82) is 0 Å². The SMILES string of the molecule is O=C(O)CC/C(=N\NC(=O)C(=O)N/N=C(\CCC(=O)O)c1ccccc1)c1ccccc1. The van der Waals surface area contributed by atoms with Gasteiger partial charge in [0.15, 0.2) is 0 Å². The predicted molar refractivity (Wildman–Crippen MR) is 116 cm³/mol. The molecule has 0 spiro atoms. The standard InChI is InChI=1S/C22H22N4O6/c27-19(28)13-11-17(15-7-3-1-4-8-15)23-25-21(31)22(32)26-24-18(12-14-20(29)30)16-9-5-2-6-10-16/h1-10H,11-14H2,(H,25,31)(H,26,32)(H,27,28)(H,29,30)/b23-17+,24-18+. The van der Waals surface area contributed by atoms with Crippen molar-refractivity contribution < 1.29 is 29.4 Å². The first-order chi connectivity index (χ1) is 15.4. The van der Waals surface area contributed by atoms with Gasteiger partial charge in [0.2, 0.25) is 0 Å². The summed E-state index contributed by atoms with van der Waals surface area (Å²) in [6.45, 7) is 0. The zero-order valence-corrected chi connectivity index (χ0v) is 17.0. The topological polar surface area (TPSA) is 158 Å². The van der Waals surface area contributed by atoms with Gasteiger partial charge >= 0.3 is 23.8 Å². The van der Waals surface area contributed by atoms with E-state index in [0.29, 0.717) is 22.6 Å². The Kier molecular flexibility index (Phi) is 9.26. The van der Waals surface area contributed by atoms with Crippen LogP contribution in [0.25, 0.3) is 0 Å². The Morgan fingerprint density at radius 3 is 1.25 bits per heavy atom. The Bertz CT molecular complexity index is 936. The van der Waals surface area contributed by atoms with Crippen LogP contribution >= 0.6 is 0 Å². The highest BCUT2D eigenvalue weighted by atomic mass is 16.4. The van der Waals surface area contributed by atoms with Crippen LogP contribution in [0, 0.1) is 0 Å². The number of carbonyl (C=O) groups excluding carboxylic acids is 2. The van der Waals surface area contributed by atoms with Crippen LogP contribution in [0.1, 0.15) is 36.8 Å². The second-order valence-electron chi connectivity index (χ2n) is 6.52. The van der Waals surface area contributed by atoms with Crippen molar-refractivity contribution in [3.8, 4) is 0 Å².